The van der Waals surface area contributed by atoms with Gasteiger partial charge in [-0.05, 0) is 32.9 Å². The Hall–Kier alpha value is -2.24. The number of hydrogen-bond acceptors (Lipinski definition) is 4. The molecule has 0 saturated heterocycles. The largest absolute Gasteiger partial charge is 0.454 e. The molecule has 0 aromatic heterocycles. The molecule has 0 fully saturated rings. The molecule has 1 aliphatic heterocycles. The van der Waals surface area contributed by atoms with Gasteiger partial charge in [0.1, 0.15) is 0 Å². The number of hydrogen-bond donors (Lipinski definition) is 1. The predicted molar refractivity (Wildman–Crippen MR) is 83.1 cm³/mol. The third kappa shape index (κ3) is 4.13. The lowest BCUT2D eigenvalue weighted by Crippen LogP contribution is -2.42. The summed E-state index contributed by atoms with van der Waals surface area (Å²) in [5.74, 6) is 1.07. The van der Waals surface area contributed by atoms with Crippen molar-refractivity contribution in [3.8, 4) is 11.5 Å². The predicted octanol–water partition coefficient (Wildman–Crippen LogP) is 2.07. The van der Waals surface area contributed by atoms with Gasteiger partial charge in [-0.2, -0.15) is 0 Å². The third-order valence-corrected chi connectivity index (χ3v) is 3.12. The first-order chi connectivity index (χ1) is 10.3. The van der Waals surface area contributed by atoms with Crippen LogP contribution in [0.5, 0.6) is 11.5 Å². The van der Waals surface area contributed by atoms with Crippen LogP contribution in [-0.4, -0.2) is 30.7 Å². The summed E-state index contributed by atoms with van der Waals surface area (Å²) in [6, 6.07) is 5.31. The lowest BCUT2D eigenvalue weighted by molar-refractivity contribution is -0.122. The number of fused-ring (bicyclic) bond motifs is 1. The molecular formula is C16H22N2O4. The maximum Gasteiger partial charge on any atom is 0.231 e. The number of amides is 2. The van der Waals surface area contributed by atoms with Crippen LogP contribution in [0.25, 0.3) is 0 Å². The highest BCUT2D eigenvalue weighted by molar-refractivity contribution is 5.92. The molecule has 0 radical (unpaired) electrons. The smallest absolute Gasteiger partial charge is 0.231 e. The van der Waals surface area contributed by atoms with Crippen molar-refractivity contribution < 1.29 is 19.1 Å². The fourth-order valence-corrected chi connectivity index (χ4v) is 2.22. The average molecular weight is 306 g/mol. The van der Waals surface area contributed by atoms with E-state index in [1.54, 1.807) is 23.1 Å². The molecule has 0 unspecified atom stereocenters. The number of carbonyl (C=O) groups excluding carboxylic acids is 2. The van der Waals surface area contributed by atoms with Crippen molar-refractivity contribution in [3.05, 3.63) is 18.2 Å². The van der Waals surface area contributed by atoms with Crippen LogP contribution in [-0.2, 0) is 9.59 Å². The molecule has 0 bridgehead atoms. The first-order valence-corrected chi connectivity index (χ1v) is 7.25. The van der Waals surface area contributed by atoms with Crippen LogP contribution in [0.2, 0.25) is 0 Å². The number of rotatable bonds is 4. The van der Waals surface area contributed by atoms with Gasteiger partial charge in [0.2, 0.25) is 18.6 Å². The van der Waals surface area contributed by atoms with Crippen LogP contribution >= 0.6 is 0 Å². The van der Waals surface area contributed by atoms with Crippen LogP contribution < -0.4 is 19.7 Å². The summed E-state index contributed by atoms with van der Waals surface area (Å²) in [6.45, 7) is 7.75. The Morgan fingerprint density at radius 1 is 1.23 bits per heavy atom. The summed E-state index contributed by atoms with van der Waals surface area (Å²) in [5, 5.41) is 2.88. The monoisotopic (exact) mass is 306 g/mol. The van der Waals surface area contributed by atoms with Crippen molar-refractivity contribution in [2.45, 2.75) is 39.7 Å². The standard InChI is InChI=1S/C16H22N2O4/c1-11(19)18(8-7-15(20)17-16(2,3)4)12-5-6-13-14(9-12)22-10-21-13/h5-6,9H,7-8,10H2,1-4H3,(H,17,20). The molecule has 1 aromatic carbocycles. The van der Waals surface area contributed by atoms with E-state index >= 15 is 0 Å². The zero-order valence-corrected chi connectivity index (χ0v) is 13.4. The van der Waals surface area contributed by atoms with Gasteiger partial charge in [0.25, 0.3) is 0 Å². The maximum atomic E-state index is 11.9. The fourth-order valence-electron chi connectivity index (χ4n) is 2.22. The van der Waals surface area contributed by atoms with Crippen LogP contribution in [0.15, 0.2) is 18.2 Å². The summed E-state index contributed by atoms with van der Waals surface area (Å²) in [6.07, 6.45) is 0.241. The van der Waals surface area contributed by atoms with E-state index in [-0.39, 0.29) is 30.6 Å². The summed E-state index contributed by atoms with van der Waals surface area (Å²) >= 11 is 0. The molecular weight excluding hydrogens is 284 g/mol. The minimum absolute atomic E-state index is 0.0838. The van der Waals surface area contributed by atoms with Gasteiger partial charge in [-0.1, -0.05) is 0 Å². The Balaban J connectivity index is 2.04. The van der Waals surface area contributed by atoms with Crippen molar-refractivity contribution in [2.24, 2.45) is 0 Å². The molecule has 6 heteroatoms. The van der Waals surface area contributed by atoms with E-state index in [1.807, 2.05) is 20.8 Å². The van der Waals surface area contributed by atoms with E-state index in [0.717, 1.165) is 0 Å². The molecule has 1 aromatic rings. The number of anilines is 1. The number of nitrogens with one attached hydrogen (secondary N) is 1. The van der Waals surface area contributed by atoms with E-state index in [9.17, 15) is 9.59 Å². The van der Waals surface area contributed by atoms with Crippen molar-refractivity contribution >= 4 is 17.5 Å². The van der Waals surface area contributed by atoms with Gasteiger partial charge in [0.05, 0.1) is 0 Å². The van der Waals surface area contributed by atoms with E-state index in [2.05, 4.69) is 5.32 Å². The summed E-state index contributed by atoms with van der Waals surface area (Å²) in [5.41, 5.74) is 0.414. The minimum Gasteiger partial charge on any atom is -0.454 e. The molecule has 0 atom stereocenters. The van der Waals surface area contributed by atoms with E-state index in [4.69, 9.17) is 9.47 Å². The first kappa shape index (κ1) is 16.1. The SMILES string of the molecule is CC(=O)N(CCC(=O)NC(C)(C)C)c1ccc2c(c1)OCO2. The van der Waals surface area contributed by atoms with Gasteiger partial charge in [0.15, 0.2) is 11.5 Å². The van der Waals surface area contributed by atoms with Crippen molar-refractivity contribution in [1.82, 2.24) is 5.32 Å². The molecule has 22 heavy (non-hydrogen) atoms. The molecule has 1 heterocycles. The molecule has 120 valence electrons. The van der Waals surface area contributed by atoms with Gasteiger partial charge >= 0.3 is 0 Å². The van der Waals surface area contributed by atoms with E-state index in [1.165, 1.54) is 6.92 Å². The summed E-state index contributed by atoms with van der Waals surface area (Å²) in [7, 11) is 0. The minimum atomic E-state index is -0.281. The molecule has 0 spiro atoms. The highest BCUT2D eigenvalue weighted by Crippen LogP contribution is 2.35. The summed E-state index contributed by atoms with van der Waals surface area (Å²) in [4.78, 5) is 25.3. The Morgan fingerprint density at radius 3 is 2.55 bits per heavy atom. The van der Waals surface area contributed by atoms with Crippen LogP contribution in [0.3, 0.4) is 0 Å². The highest BCUT2D eigenvalue weighted by atomic mass is 16.7. The maximum absolute atomic E-state index is 11.9. The second-order valence-electron chi connectivity index (χ2n) is 6.26. The van der Waals surface area contributed by atoms with Gasteiger partial charge in [-0.25, -0.2) is 0 Å². The number of nitrogens with zero attached hydrogens (tertiary/aromatic N) is 1. The van der Waals surface area contributed by atoms with Gasteiger partial charge in [0, 0.05) is 37.2 Å². The fraction of sp³-hybridized carbons (Fsp3) is 0.500. The van der Waals surface area contributed by atoms with Gasteiger partial charge in [-0.15, -0.1) is 0 Å². The summed E-state index contributed by atoms with van der Waals surface area (Å²) < 4.78 is 10.6. The number of ether oxygens (including phenoxy) is 2. The van der Waals surface area contributed by atoms with Crippen molar-refractivity contribution in [3.63, 3.8) is 0 Å². The topological polar surface area (TPSA) is 67.9 Å². The zero-order valence-electron chi connectivity index (χ0n) is 13.4. The number of benzene rings is 1. The zero-order chi connectivity index (χ0) is 16.3. The van der Waals surface area contributed by atoms with Crippen molar-refractivity contribution in [1.29, 1.82) is 0 Å². The Kier molecular flexibility index (Phi) is 4.59. The van der Waals surface area contributed by atoms with Gasteiger partial charge < -0.3 is 19.7 Å². The molecule has 1 N–H and O–H groups in total. The normalized spacial score (nSPS) is 12.9. The molecule has 2 amide bonds. The average Bonchev–Trinajstić information content (AvgIpc) is 2.83. The highest BCUT2D eigenvalue weighted by Gasteiger charge is 2.20. The lowest BCUT2D eigenvalue weighted by atomic mass is 10.1. The molecule has 0 aliphatic carbocycles. The van der Waals surface area contributed by atoms with Gasteiger partial charge in [-0.3, -0.25) is 9.59 Å². The Labute approximate surface area is 130 Å². The molecule has 1 aliphatic rings. The van der Waals surface area contributed by atoms with Crippen LogP contribution in [0.4, 0.5) is 5.69 Å². The molecule has 2 rings (SSSR count). The van der Waals surface area contributed by atoms with Crippen molar-refractivity contribution in [2.75, 3.05) is 18.2 Å². The number of carbonyl (C=O) groups is 2. The lowest BCUT2D eigenvalue weighted by Gasteiger charge is -2.24. The van der Waals surface area contributed by atoms with E-state index in [0.29, 0.717) is 23.7 Å². The molecule has 6 nitrogen and oxygen atoms in total. The van der Waals surface area contributed by atoms with Crippen LogP contribution in [0.1, 0.15) is 34.1 Å². The first-order valence-electron chi connectivity index (χ1n) is 7.25. The third-order valence-electron chi connectivity index (χ3n) is 3.12. The second-order valence-corrected chi connectivity index (χ2v) is 6.26. The van der Waals surface area contributed by atoms with Crippen LogP contribution in [0, 0.1) is 0 Å². The molecule has 0 saturated carbocycles. The quantitative estimate of drug-likeness (QED) is 0.924. The Bertz CT molecular complexity index is 578. The van der Waals surface area contributed by atoms with E-state index < -0.39 is 0 Å². The Morgan fingerprint density at radius 2 is 1.91 bits per heavy atom. The second kappa shape index (κ2) is 6.25.